The van der Waals surface area contributed by atoms with Crippen molar-refractivity contribution >= 4 is 6.41 Å². The van der Waals surface area contributed by atoms with Crippen LogP contribution in [0.3, 0.4) is 0 Å². The molecule has 0 N–H and O–H groups in total. The molecule has 0 aromatic rings. The molecular formula is C5H9NO. The summed E-state index contributed by atoms with van der Waals surface area (Å²) in [6.45, 7) is 4.08. The Kier molecular flexibility index (Phi) is 0.805. The minimum absolute atomic E-state index is 0.498. The lowest BCUT2D eigenvalue weighted by Crippen LogP contribution is -1.93. The Labute approximate surface area is 43.1 Å². The van der Waals surface area contributed by atoms with Gasteiger partial charge in [-0.15, -0.1) is 0 Å². The van der Waals surface area contributed by atoms with Crippen molar-refractivity contribution in [2.24, 2.45) is 0 Å². The third-order valence-electron chi connectivity index (χ3n) is 1.67. The second-order valence-electron chi connectivity index (χ2n) is 2.03. The van der Waals surface area contributed by atoms with Crippen LogP contribution >= 0.6 is 0 Å². The molecule has 0 aliphatic carbocycles. The lowest BCUT2D eigenvalue weighted by Gasteiger charge is -1.80. The van der Waals surface area contributed by atoms with Crippen molar-refractivity contribution in [1.82, 2.24) is 4.90 Å². The maximum absolute atomic E-state index is 9.91. The molecule has 0 aromatic carbocycles. The van der Waals surface area contributed by atoms with Crippen molar-refractivity contribution in [1.29, 1.82) is 0 Å². The van der Waals surface area contributed by atoms with Gasteiger partial charge in [0.05, 0.1) is 0 Å². The van der Waals surface area contributed by atoms with Crippen LogP contribution in [0, 0.1) is 0 Å². The zero-order valence-electron chi connectivity index (χ0n) is 4.59. The van der Waals surface area contributed by atoms with Gasteiger partial charge in [0.25, 0.3) is 0 Å². The molecule has 1 rings (SSSR count). The molecule has 1 amide bonds. The Morgan fingerprint density at radius 2 is 1.86 bits per heavy atom. The Morgan fingerprint density at radius 3 is 1.86 bits per heavy atom. The Bertz CT molecular complexity index is 84.1. The maximum Gasteiger partial charge on any atom is 0.210 e. The average molecular weight is 99.1 g/mol. The topological polar surface area (TPSA) is 20.1 Å². The first-order valence-corrected chi connectivity index (χ1v) is 2.50. The highest BCUT2D eigenvalue weighted by atomic mass is 16.1. The quantitative estimate of drug-likeness (QED) is 0.340. The van der Waals surface area contributed by atoms with Crippen LogP contribution in [-0.2, 0) is 4.79 Å². The Hall–Kier alpha value is -0.530. The van der Waals surface area contributed by atoms with E-state index in [2.05, 4.69) is 0 Å². The molecule has 0 spiro atoms. The van der Waals surface area contributed by atoms with Gasteiger partial charge in [0.15, 0.2) is 0 Å². The van der Waals surface area contributed by atoms with Crippen LogP contribution in [0.5, 0.6) is 0 Å². The first-order chi connectivity index (χ1) is 3.27. The molecule has 1 aliphatic heterocycles. The monoisotopic (exact) mass is 99.1 g/mol. The zero-order valence-corrected chi connectivity index (χ0v) is 4.59. The second-order valence-corrected chi connectivity index (χ2v) is 2.03. The molecule has 7 heavy (non-hydrogen) atoms. The van der Waals surface area contributed by atoms with E-state index < -0.39 is 0 Å². The van der Waals surface area contributed by atoms with E-state index in [1.165, 1.54) is 0 Å². The molecule has 0 saturated carbocycles. The van der Waals surface area contributed by atoms with Crippen LogP contribution < -0.4 is 0 Å². The summed E-state index contributed by atoms with van der Waals surface area (Å²) in [5, 5.41) is 0. The summed E-state index contributed by atoms with van der Waals surface area (Å²) in [7, 11) is 0. The summed E-state index contributed by atoms with van der Waals surface area (Å²) in [6, 6.07) is 0.995. The normalized spacial score (nSPS) is 38.3. The van der Waals surface area contributed by atoms with Gasteiger partial charge in [-0.3, -0.25) is 4.79 Å². The van der Waals surface area contributed by atoms with E-state index in [-0.39, 0.29) is 0 Å². The van der Waals surface area contributed by atoms with Crippen LogP contribution in [0.15, 0.2) is 0 Å². The number of carbonyl (C=O) groups excluding carboxylic acids is 1. The Balaban J connectivity index is 2.37. The largest absolute Gasteiger partial charge is 0.336 e. The van der Waals surface area contributed by atoms with Gasteiger partial charge in [0.2, 0.25) is 6.41 Å². The summed E-state index contributed by atoms with van der Waals surface area (Å²) in [4.78, 5) is 11.7. The molecule has 2 atom stereocenters. The first-order valence-electron chi connectivity index (χ1n) is 2.50. The number of carbonyl (C=O) groups is 1. The van der Waals surface area contributed by atoms with Gasteiger partial charge >= 0.3 is 0 Å². The van der Waals surface area contributed by atoms with E-state index >= 15 is 0 Å². The molecular weight excluding hydrogens is 90.1 g/mol. The standard InChI is InChI=1S/C5H9NO/c1-4-5(2)6(4)3-7/h3-5H,1-2H3. The van der Waals surface area contributed by atoms with Crippen LogP contribution in [0.2, 0.25) is 0 Å². The minimum atomic E-state index is 0.498. The van der Waals surface area contributed by atoms with Gasteiger partial charge in [-0.2, -0.15) is 0 Å². The van der Waals surface area contributed by atoms with E-state index in [1.54, 1.807) is 4.90 Å². The third-order valence-corrected chi connectivity index (χ3v) is 1.67. The Morgan fingerprint density at radius 1 is 1.43 bits per heavy atom. The molecule has 0 aromatic heterocycles. The number of hydrogen-bond acceptors (Lipinski definition) is 1. The summed E-state index contributed by atoms with van der Waals surface area (Å²) in [6.07, 6.45) is 0.898. The van der Waals surface area contributed by atoms with Crippen LogP contribution in [-0.4, -0.2) is 23.4 Å². The summed E-state index contributed by atoms with van der Waals surface area (Å²) in [5.41, 5.74) is 0. The van der Waals surface area contributed by atoms with E-state index in [0.29, 0.717) is 12.1 Å². The molecule has 0 radical (unpaired) electrons. The highest BCUT2D eigenvalue weighted by Gasteiger charge is 2.37. The highest BCUT2D eigenvalue weighted by molar-refractivity contribution is 5.53. The van der Waals surface area contributed by atoms with E-state index in [4.69, 9.17) is 0 Å². The molecule has 1 heterocycles. The number of amides is 1. The molecule has 0 bridgehead atoms. The highest BCUT2D eigenvalue weighted by Crippen LogP contribution is 2.23. The van der Waals surface area contributed by atoms with Gasteiger partial charge < -0.3 is 4.90 Å². The number of rotatable bonds is 1. The minimum Gasteiger partial charge on any atom is -0.336 e. The van der Waals surface area contributed by atoms with Crippen molar-refractivity contribution in [2.45, 2.75) is 25.9 Å². The van der Waals surface area contributed by atoms with Gasteiger partial charge in [-0.1, -0.05) is 0 Å². The smallest absolute Gasteiger partial charge is 0.210 e. The molecule has 1 fully saturated rings. The average Bonchev–Trinajstić information content (AvgIpc) is 2.17. The fourth-order valence-corrected chi connectivity index (χ4v) is 0.724. The molecule has 2 unspecified atom stereocenters. The fourth-order valence-electron chi connectivity index (χ4n) is 0.724. The summed E-state index contributed by atoms with van der Waals surface area (Å²) < 4.78 is 0. The van der Waals surface area contributed by atoms with Gasteiger partial charge in [-0.25, -0.2) is 0 Å². The molecule has 1 saturated heterocycles. The molecule has 2 nitrogen and oxygen atoms in total. The van der Waals surface area contributed by atoms with E-state index in [0.717, 1.165) is 6.41 Å². The van der Waals surface area contributed by atoms with Crippen molar-refractivity contribution in [3.05, 3.63) is 0 Å². The van der Waals surface area contributed by atoms with E-state index in [1.807, 2.05) is 13.8 Å². The zero-order chi connectivity index (χ0) is 5.44. The lowest BCUT2D eigenvalue weighted by molar-refractivity contribution is -0.114. The van der Waals surface area contributed by atoms with E-state index in [9.17, 15) is 4.79 Å². The third kappa shape index (κ3) is 0.501. The fraction of sp³-hybridized carbons (Fsp3) is 0.800. The summed E-state index contributed by atoms with van der Waals surface area (Å²) >= 11 is 0. The van der Waals surface area contributed by atoms with Gasteiger partial charge in [-0.05, 0) is 13.8 Å². The van der Waals surface area contributed by atoms with Gasteiger partial charge in [0.1, 0.15) is 0 Å². The van der Waals surface area contributed by atoms with Crippen LogP contribution in [0.25, 0.3) is 0 Å². The molecule has 1 aliphatic rings. The van der Waals surface area contributed by atoms with Crippen molar-refractivity contribution < 1.29 is 4.79 Å². The van der Waals surface area contributed by atoms with Crippen molar-refractivity contribution in [3.8, 4) is 0 Å². The number of nitrogens with zero attached hydrogens (tertiary/aromatic N) is 1. The second kappa shape index (κ2) is 1.22. The SMILES string of the molecule is CC1C(C)N1C=O. The molecule has 2 heteroatoms. The van der Waals surface area contributed by atoms with Crippen LogP contribution in [0.1, 0.15) is 13.8 Å². The van der Waals surface area contributed by atoms with Crippen molar-refractivity contribution in [3.63, 3.8) is 0 Å². The summed E-state index contributed by atoms with van der Waals surface area (Å²) in [5.74, 6) is 0. The lowest BCUT2D eigenvalue weighted by atomic mass is 10.4. The van der Waals surface area contributed by atoms with Crippen molar-refractivity contribution in [2.75, 3.05) is 0 Å². The maximum atomic E-state index is 9.91. The van der Waals surface area contributed by atoms with Crippen LogP contribution in [0.4, 0.5) is 0 Å². The first kappa shape index (κ1) is 4.62. The molecule has 40 valence electrons. The predicted octanol–water partition coefficient (Wildman–Crippen LogP) is 0.235. The number of hydrogen-bond donors (Lipinski definition) is 0. The predicted molar refractivity (Wildman–Crippen MR) is 26.8 cm³/mol. The van der Waals surface area contributed by atoms with Gasteiger partial charge in [0, 0.05) is 12.1 Å².